The van der Waals surface area contributed by atoms with Gasteiger partial charge in [-0.1, -0.05) is 54.1 Å². The standard InChI is InChI=1S/C22H27ClN4O/c23-18-8-4-5-16(13-18)14-22(28)24-19-9-11-27(12-10-19)21-15-20(25-26-21)17-6-2-1-3-7-17/h1-8,13,19-21,25-26H,9-12,14-15H2,(H,24,28). The minimum absolute atomic E-state index is 0.0746. The van der Waals surface area contributed by atoms with Crippen LogP contribution in [0, 0.1) is 0 Å². The van der Waals surface area contributed by atoms with E-state index in [-0.39, 0.29) is 11.9 Å². The molecule has 2 unspecified atom stereocenters. The second-order valence-corrected chi connectivity index (χ2v) is 8.12. The molecule has 0 aromatic heterocycles. The van der Waals surface area contributed by atoms with Gasteiger partial charge in [0.1, 0.15) is 0 Å². The number of nitrogens with zero attached hydrogens (tertiary/aromatic N) is 1. The summed E-state index contributed by atoms with van der Waals surface area (Å²) < 4.78 is 0. The van der Waals surface area contributed by atoms with Crippen molar-refractivity contribution >= 4 is 17.5 Å². The summed E-state index contributed by atoms with van der Waals surface area (Å²) in [5.74, 6) is 0.0746. The number of piperidine rings is 1. The van der Waals surface area contributed by atoms with E-state index >= 15 is 0 Å². The molecule has 1 amide bonds. The van der Waals surface area contributed by atoms with Crippen molar-refractivity contribution in [1.29, 1.82) is 0 Å². The van der Waals surface area contributed by atoms with E-state index in [1.807, 2.05) is 24.3 Å². The van der Waals surface area contributed by atoms with Crippen LogP contribution in [-0.4, -0.2) is 36.1 Å². The van der Waals surface area contributed by atoms with Crippen LogP contribution in [-0.2, 0) is 11.2 Å². The van der Waals surface area contributed by atoms with Gasteiger partial charge in [-0.2, -0.15) is 0 Å². The van der Waals surface area contributed by atoms with Crippen molar-refractivity contribution < 1.29 is 4.79 Å². The fraction of sp³-hybridized carbons (Fsp3) is 0.409. The number of hydrogen-bond acceptors (Lipinski definition) is 4. The fourth-order valence-corrected chi connectivity index (χ4v) is 4.36. The molecule has 28 heavy (non-hydrogen) atoms. The third-order valence-corrected chi connectivity index (χ3v) is 5.91. The van der Waals surface area contributed by atoms with Gasteiger partial charge in [-0.25, -0.2) is 10.9 Å². The zero-order valence-electron chi connectivity index (χ0n) is 15.9. The second-order valence-electron chi connectivity index (χ2n) is 7.69. The van der Waals surface area contributed by atoms with Crippen molar-refractivity contribution in [3.63, 3.8) is 0 Å². The first-order valence-electron chi connectivity index (χ1n) is 10.0. The number of hydrazine groups is 1. The lowest BCUT2D eigenvalue weighted by atomic mass is 10.0. The Morgan fingerprint density at radius 2 is 1.86 bits per heavy atom. The molecule has 2 aliphatic heterocycles. The van der Waals surface area contributed by atoms with Crippen molar-refractivity contribution in [3.8, 4) is 0 Å². The molecular weight excluding hydrogens is 372 g/mol. The average molecular weight is 399 g/mol. The van der Waals surface area contributed by atoms with Gasteiger partial charge in [0.15, 0.2) is 0 Å². The van der Waals surface area contributed by atoms with Crippen LogP contribution in [0.25, 0.3) is 0 Å². The molecule has 148 valence electrons. The summed E-state index contributed by atoms with van der Waals surface area (Å²) in [7, 11) is 0. The van der Waals surface area contributed by atoms with E-state index in [2.05, 4.69) is 51.4 Å². The molecular formula is C22H27ClN4O. The Bertz CT molecular complexity index is 792. The summed E-state index contributed by atoms with van der Waals surface area (Å²) in [6.45, 7) is 1.98. The van der Waals surface area contributed by atoms with E-state index in [4.69, 9.17) is 11.6 Å². The normalized spacial score (nSPS) is 23.6. The zero-order valence-corrected chi connectivity index (χ0v) is 16.7. The number of hydrogen-bond donors (Lipinski definition) is 3. The highest BCUT2D eigenvalue weighted by molar-refractivity contribution is 6.30. The highest BCUT2D eigenvalue weighted by Gasteiger charge is 2.32. The van der Waals surface area contributed by atoms with Crippen LogP contribution < -0.4 is 16.2 Å². The van der Waals surface area contributed by atoms with Gasteiger partial charge in [-0.05, 0) is 42.5 Å². The largest absolute Gasteiger partial charge is 0.353 e. The van der Waals surface area contributed by atoms with Crippen LogP contribution in [0.1, 0.15) is 36.4 Å². The summed E-state index contributed by atoms with van der Waals surface area (Å²) in [4.78, 5) is 14.8. The van der Waals surface area contributed by atoms with E-state index in [0.29, 0.717) is 23.7 Å². The molecule has 2 atom stereocenters. The first-order chi connectivity index (χ1) is 13.7. The Balaban J connectivity index is 1.22. The van der Waals surface area contributed by atoms with Crippen molar-refractivity contribution in [3.05, 3.63) is 70.7 Å². The highest BCUT2D eigenvalue weighted by Crippen LogP contribution is 2.25. The Labute approximate surface area is 171 Å². The third-order valence-electron chi connectivity index (χ3n) is 5.67. The Kier molecular flexibility index (Phi) is 6.27. The lowest BCUT2D eigenvalue weighted by molar-refractivity contribution is -0.121. The lowest BCUT2D eigenvalue weighted by Gasteiger charge is -2.35. The van der Waals surface area contributed by atoms with Crippen LogP contribution in [0.15, 0.2) is 54.6 Å². The minimum atomic E-state index is 0.0746. The zero-order chi connectivity index (χ0) is 19.3. The predicted octanol–water partition coefficient (Wildman–Crippen LogP) is 3.03. The van der Waals surface area contributed by atoms with Crippen molar-refractivity contribution in [1.82, 2.24) is 21.1 Å². The second kappa shape index (κ2) is 9.05. The Morgan fingerprint density at radius 1 is 1.07 bits per heavy atom. The summed E-state index contributed by atoms with van der Waals surface area (Å²) in [6.07, 6.45) is 3.74. The SMILES string of the molecule is O=C(Cc1cccc(Cl)c1)NC1CCN(C2CC(c3ccccc3)NN2)CC1. The average Bonchev–Trinajstić information content (AvgIpc) is 3.19. The number of amides is 1. The molecule has 2 fully saturated rings. The van der Waals surface area contributed by atoms with Gasteiger partial charge >= 0.3 is 0 Å². The van der Waals surface area contributed by atoms with E-state index in [1.54, 1.807) is 0 Å². The molecule has 2 aromatic carbocycles. The minimum Gasteiger partial charge on any atom is -0.353 e. The molecule has 0 bridgehead atoms. The van der Waals surface area contributed by atoms with Crippen LogP contribution in [0.2, 0.25) is 5.02 Å². The highest BCUT2D eigenvalue weighted by atomic mass is 35.5. The summed E-state index contributed by atoms with van der Waals surface area (Å²) >= 11 is 6.00. The third kappa shape index (κ3) is 4.92. The molecule has 2 heterocycles. The molecule has 0 spiro atoms. The number of carbonyl (C=O) groups excluding carboxylic acids is 1. The topological polar surface area (TPSA) is 56.4 Å². The molecule has 0 radical (unpaired) electrons. The molecule has 2 aromatic rings. The van der Waals surface area contributed by atoms with Crippen LogP contribution in [0.3, 0.4) is 0 Å². The monoisotopic (exact) mass is 398 g/mol. The van der Waals surface area contributed by atoms with Gasteiger partial charge in [0.05, 0.1) is 12.6 Å². The first-order valence-corrected chi connectivity index (χ1v) is 10.4. The smallest absolute Gasteiger partial charge is 0.224 e. The van der Waals surface area contributed by atoms with Gasteiger partial charge in [0.2, 0.25) is 5.91 Å². The fourth-order valence-electron chi connectivity index (χ4n) is 4.15. The summed E-state index contributed by atoms with van der Waals surface area (Å²) in [5, 5.41) is 3.86. The van der Waals surface area contributed by atoms with Crippen molar-refractivity contribution in [2.75, 3.05) is 13.1 Å². The van der Waals surface area contributed by atoms with Crippen LogP contribution in [0.5, 0.6) is 0 Å². The molecule has 3 N–H and O–H groups in total. The number of nitrogens with one attached hydrogen (secondary N) is 3. The molecule has 2 saturated heterocycles. The number of rotatable bonds is 5. The maximum absolute atomic E-state index is 12.3. The van der Waals surface area contributed by atoms with Crippen molar-refractivity contribution in [2.45, 2.75) is 43.9 Å². The number of halogens is 1. The van der Waals surface area contributed by atoms with E-state index < -0.39 is 0 Å². The van der Waals surface area contributed by atoms with Gasteiger partial charge in [0.25, 0.3) is 0 Å². The summed E-state index contributed by atoms with van der Waals surface area (Å²) in [5.41, 5.74) is 9.14. The van der Waals surface area contributed by atoms with E-state index in [9.17, 15) is 4.79 Å². The molecule has 5 nitrogen and oxygen atoms in total. The number of likely N-dealkylation sites (tertiary alicyclic amines) is 1. The lowest BCUT2D eigenvalue weighted by Crippen LogP contribution is -2.51. The Morgan fingerprint density at radius 3 is 2.61 bits per heavy atom. The van der Waals surface area contributed by atoms with Crippen molar-refractivity contribution in [2.24, 2.45) is 0 Å². The number of benzene rings is 2. The van der Waals surface area contributed by atoms with E-state index in [1.165, 1.54) is 5.56 Å². The predicted molar refractivity (Wildman–Crippen MR) is 112 cm³/mol. The van der Waals surface area contributed by atoms with Gasteiger partial charge in [0, 0.05) is 30.2 Å². The van der Waals surface area contributed by atoms with Gasteiger partial charge < -0.3 is 5.32 Å². The molecule has 2 aliphatic rings. The van der Waals surface area contributed by atoms with E-state index in [0.717, 1.165) is 37.9 Å². The molecule has 6 heteroatoms. The molecule has 0 saturated carbocycles. The van der Waals surface area contributed by atoms with Crippen LogP contribution >= 0.6 is 11.6 Å². The molecule has 4 rings (SSSR count). The Hall–Kier alpha value is -1.92. The molecule has 0 aliphatic carbocycles. The first kappa shape index (κ1) is 19.4. The quantitative estimate of drug-likeness (QED) is 0.724. The summed E-state index contributed by atoms with van der Waals surface area (Å²) in [6, 6.07) is 18.7. The van der Waals surface area contributed by atoms with Gasteiger partial charge in [-0.15, -0.1) is 0 Å². The maximum Gasteiger partial charge on any atom is 0.224 e. The number of carbonyl (C=O) groups is 1. The van der Waals surface area contributed by atoms with Crippen LogP contribution in [0.4, 0.5) is 0 Å². The maximum atomic E-state index is 12.3. The van der Waals surface area contributed by atoms with Gasteiger partial charge in [-0.3, -0.25) is 9.69 Å².